The van der Waals surface area contributed by atoms with Gasteiger partial charge in [-0.1, -0.05) is 304 Å². The minimum Gasteiger partial charge on any atom is -0.311 e. The van der Waals surface area contributed by atoms with Crippen molar-refractivity contribution in [1.82, 2.24) is 18.3 Å². The first-order chi connectivity index (χ1) is 62.9. The number of benzene rings is 19. The van der Waals surface area contributed by atoms with Gasteiger partial charge >= 0.3 is 0 Å². The Morgan fingerprint density at radius 3 is 0.693 bits per heavy atom. The Hall–Kier alpha value is -16.8. The fourth-order valence-corrected chi connectivity index (χ4v) is 19.4. The molecule has 0 aliphatic heterocycles. The Morgan fingerprint density at radius 1 is 0.189 bits per heavy atom. The number of para-hydroxylation sites is 5. The van der Waals surface area contributed by atoms with Crippen molar-refractivity contribution in [2.75, 3.05) is 9.80 Å². The number of hydrogen-bond donors (Lipinski definition) is 0. The molecular formula is C121H84N6. The molecule has 4 aromatic heterocycles. The molecule has 0 aliphatic rings. The minimum atomic E-state index is 1.06. The third-order valence-corrected chi connectivity index (χ3v) is 25.6. The number of anilines is 6. The molecule has 23 rings (SSSR count). The van der Waals surface area contributed by atoms with Crippen LogP contribution in [0, 0.1) is 0 Å². The molecule has 0 amide bonds. The summed E-state index contributed by atoms with van der Waals surface area (Å²) in [6.45, 7) is 6.22. The molecule has 0 spiro atoms. The molecule has 0 aliphatic carbocycles. The zero-order chi connectivity index (χ0) is 84.4. The molecule has 0 radical (unpaired) electrons. The van der Waals surface area contributed by atoms with Gasteiger partial charge < -0.3 is 28.1 Å². The van der Waals surface area contributed by atoms with Gasteiger partial charge in [0.1, 0.15) is 0 Å². The van der Waals surface area contributed by atoms with Crippen LogP contribution in [0.5, 0.6) is 0 Å². The summed E-state index contributed by atoms with van der Waals surface area (Å²) < 4.78 is 9.55. The van der Waals surface area contributed by atoms with Crippen LogP contribution in [0.1, 0.15) is 6.92 Å². The fraction of sp³-hybridized carbons (Fsp3) is 0.00826. The van der Waals surface area contributed by atoms with Gasteiger partial charge in [0, 0.05) is 105 Å². The summed E-state index contributed by atoms with van der Waals surface area (Å²) in [5.41, 5.74) is 35.4. The van der Waals surface area contributed by atoms with E-state index in [1.807, 2.05) is 6.08 Å². The predicted molar refractivity (Wildman–Crippen MR) is 538 cm³/mol. The van der Waals surface area contributed by atoms with E-state index < -0.39 is 0 Å². The number of nitrogens with zero attached hydrogens (tertiary/aromatic N) is 6. The highest BCUT2D eigenvalue weighted by molar-refractivity contribution is 6.13. The number of rotatable bonds is 18. The topological polar surface area (TPSA) is 26.2 Å². The Labute approximate surface area is 737 Å². The second kappa shape index (κ2) is 31.9. The van der Waals surface area contributed by atoms with E-state index in [4.69, 9.17) is 0 Å². The van der Waals surface area contributed by atoms with Crippen molar-refractivity contribution < 1.29 is 0 Å². The quantitative estimate of drug-likeness (QED) is 0.0856. The lowest BCUT2D eigenvalue weighted by atomic mass is 10.0. The summed E-state index contributed by atoms with van der Waals surface area (Å²) in [6, 6.07) is 169. The van der Waals surface area contributed by atoms with Gasteiger partial charge in [-0.25, -0.2) is 0 Å². The summed E-state index contributed by atoms with van der Waals surface area (Å²) in [4.78, 5) is 4.72. The summed E-state index contributed by atoms with van der Waals surface area (Å²) in [5, 5.41) is 10.9. The first-order valence-corrected chi connectivity index (χ1v) is 43.6. The molecule has 127 heavy (non-hydrogen) atoms. The smallest absolute Gasteiger partial charge is 0.0541 e. The molecule has 23 aromatic rings. The van der Waals surface area contributed by atoms with Gasteiger partial charge in [0.2, 0.25) is 0 Å². The largest absolute Gasteiger partial charge is 0.311 e. The van der Waals surface area contributed by atoms with Crippen molar-refractivity contribution in [3.63, 3.8) is 0 Å². The Morgan fingerprint density at radius 2 is 0.402 bits per heavy atom. The molecule has 0 N–H and O–H groups in total. The molecule has 0 saturated carbocycles. The van der Waals surface area contributed by atoms with Crippen molar-refractivity contribution in [2.45, 2.75) is 6.92 Å². The maximum Gasteiger partial charge on any atom is 0.0541 e. The van der Waals surface area contributed by atoms with Crippen LogP contribution in [0.4, 0.5) is 34.1 Å². The van der Waals surface area contributed by atoms with E-state index in [0.29, 0.717) is 0 Å². The highest BCUT2D eigenvalue weighted by Crippen LogP contribution is 2.45. The molecule has 598 valence electrons. The highest BCUT2D eigenvalue weighted by atomic mass is 15.1. The van der Waals surface area contributed by atoms with Gasteiger partial charge in [-0.2, -0.15) is 0 Å². The van der Waals surface area contributed by atoms with Crippen molar-refractivity contribution in [3.8, 4) is 101 Å². The summed E-state index contributed by atoms with van der Waals surface area (Å²) >= 11 is 0. The fourth-order valence-electron chi connectivity index (χ4n) is 19.4. The van der Waals surface area contributed by atoms with Gasteiger partial charge in [0.05, 0.1) is 38.6 Å². The van der Waals surface area contributed by atoms with Crippen LogP contribution in [-0.2, 0) is 0 Å². The van der Waals surface area contributed by atoms with Gasteiger partial charge in [-0.05, 0) is 267 Å². The normalized spacial score (nSPS) is 11.9. The molecule has 6 nitrogen and oxygen atoms in total. The standard InChI is InChI=1S/C121H84N6/c1-3-22-106-111-79-93(55-76-119(111)124(114(106)4-2)96-27-12-7-13-28-96)90-49-66-101(67-50-90)123(98-60-39-85(40-61-98)83-25-10-6-11-26-83)102-68-51-91(52-69-102)94-56-77-121-112(80-94)110-32-17-21-36-118(110)127(121)105-74-53-92(54-75-105)95-57-78-120-113(81-95)109-31-16-20-35-117(109)126(120)104-72-47-89(48-73-104)87-43-64-100(65-44-87)122(97-58-37-84(38-59-97)82-23-8-5-9-24-82)99-62-41-86(42-63-99)88-45-70-103(71-46-88)125-115-33-18-14-29-107(115)108-30-15-19-34-116(108)125/h3-81H,1H2,2H3/b106-22-,114-4+. The van der Waals surface area contributed by atoms with E-state index in [-0.39, 0.29) is 0 Å². The second-order valence-electron chi connectivity index (χ2n) is 32.8. The van der Waals surface area contributed by atoms with Crippen LogP contribution < -0.4 is 20.4 Å². The highest BCUT2D eigenvalue weighted by Gasteiger charge is 2.22. The Bertz CT molecular complexity index is 8180. The number of allylic oxidation sites excluding steroid dienone is 1. The molecule has 6 heteroatoms. The van der Waals surface area contributed by atoms with E-state index in [1.165, 1.54) is 93.2 Å². The molecule has 0 bridgehead atoms. The first-order valence-electron chi connectivity index (χ1n) is 43.6. The van der Waals surface area contributed by atoms with Crippen LogP contribution in [0.25, 0.3) is 189 Å². The second-order valence-corrected chi connectivity index (χ2v) is 32.8. The van der Waals surface area contributed by atoms with Crippen molar-refractivity contribution >= 4 is 123 Å². The molecule has 19 aromatic carbocycles. The minimum absolute atomic E-state index is 1.06. The van der Waals surface area contributed by atoms with Crippen molar-refractivity contribution in [1.29, 1.82) is 0 Å². The van der Waals surface area contributed by atoms with E-state index in [0.717, 1.165) is 128 Å². The molecule has 0 fully saturated rings. The number of aromatic nitrogens is 4. The number of hydrogen-bond acceptors (Lipinski definition) is 2. The van der Waals surface area contributed by atoms with Gasteiger partial charge in [-0.3, -0.25) is 0 Å². The molecular weight excluding hydrogens is 1540 g/mol. The van der Waals surface area contributed by atoms with Crippen LogP contribution in [0.3, 0.4) is 0 Å². The average molecular weight is 1620 g/mol. The van der Waals surface area contributed by atoms with E-state index in [2.05, 4.69) is 515 Å². The van der Waals surface area contributed by atoms with E-state index >= 15 is 0 Å². The van der Waals surface area contributed by atoms with Crippen LogP contribution in [0.2, 0.25) is 0 Å². The van der Waals surface area contributed by atoms with Gasteiger partial charge in [0.15, 0.2) is 0 Å². The number of fused-ring (bicyclic) bond motifs is 10. The molecule has 0 atom stereocenters. The maximum atomic E-state index is 4.11. The lowest BCUT2D eigenvalue weighted by molar-refractivity contribution is 1.07. The van der Waals surface area contributed by atoms with Crippen LogP contribution >= 0.6 is 0 Å². The molecule has 0 saturated heterocycles. The predicted octanol–water partition coefficient (Wildman–Crippen LogP) is 31.3. The van der Waals surface area contributed by atoms with E-state index in [1.54, 1.807) is 0 Å². The van der Waals surface area contributed by atoms with Crippen LogP contribution in [-0.4, -0.2) is 18.3 Å². The Balaban J connectivity index is 0.509. The molecule has 0 unspecified atom stereocenters. The molecule has 4 heterocycles. The summed E-state index contributed by atoms with van der Waals surface area (Å²) in [5.74, 6) is 0. The SMILES string of the molecule is C=C/C=c1\c(=C/C)n(-c2ccccc2)c2ccc(-c3ccc(N(c4ccc(-c5ccccc5)cc4)c4ccc(-c5ccc6c(c5)c5ccccc5n6-c5ccc(-c6ccc7c(c6)c6ccccc6n7-c6ccc(-c7ccc(N(c8ccc(-c9ccccc9)cc8)c8ccc(-c9ccc(-n%10c%11ccccc%11c%11ccccc%11%10)cc9)cc8)cc7)cc6)cc5)cc4)cc3)cc12. The zero-order valence-corrected chi connectivity index (χ0v) is 70.0. The van der Waals surface area contributed by atoms with Gasteiger partial charge in [-0.15, -0.1) is 0 Å². The zero-order valence-electron chi connectivity index (χ0n) is 70.0. The third kappa shape index (κ3) is 13.5. The maximum absolute atomic E-state index is 4.11. The van der Waals surface area contributed by atoms with Crippen molar-refractivity contribution in [3.05, 3.63) is 484 Å². The monoisotopic (exact) mass is 1620 g/mol. The average Bonchev–Trinajstić information content (AvgIpc) is 1.59. The van der Waals surface area contributed by atoms with Crippen LogP contribution in [0.15, 0.2) is 474 Å². The third-order valence-electron chi connectivity index (χ3n) is 25.6. The lowest BCUT2D eigenvalue weighted by Crippen LogP contribution is -2.27. The summed E-state index contributed by atoms with van der Waals surface area (Å²) in [6.07, 6.45) is 6.22. The summed E-state index contributed by atoms with van der Waals surface area (Å²) in [7, 11) is 0. The lowest BCUT2D eigenvalue weighted by Gasteiger charge is -2.26. The first kappa shape index (κ1) is 75.2. The van der Waals surface area contributed by atoms with Gasteiger partial charge in [0.25, 0.3) is 0 Å². The van der Waals surface area contributed by atoms with Crippen molar-refractivity contribution in [2.24, 2.45) is 0 Å². The van der Waals surface area contributed by atoms with E-state index in [9.17, 15) is 0 Å². The Kier molecular flexibility index (Phi) is 18.9.